The van der Waals surface area contributed by atoms with Crippen LogP contribution in [-0.2, 0) is 6.54 Å². The molecule has 0 amide bonds. The van der Waals surface area contributed by atoms with Gasteiger partial charge in [0.2, 0.25) is 0 Å². The molecular weight excluding hydrogens is 286 g/mol. The molecule has 0 saturated carbocycles. The van der Waals surface area contributed by atoms with Crippen molar-refractivity contribution in [3.05, 3.63) is 47.2 Å². The minimum atomic E-state index is 0.277. The number of nitrogens with zero attached hydrogens (tertiary/aromatic N) is 1. The molecule has 0 aliphatic carbocycles. The molecule has 0 bridgehead atoms. The molecule has 1 N–H and O–H groups in total. The summed E-state index contributed by atoms with van der Waals surface area (Å²) in [6.45, 7) is 3.08. The first-order valence-corrected chi connectivity index (χ1v) is 7.81. The zero-order chi connectivity index (χ0) is 14.7. The van der Waals surface area contributed by atoms with E-state index in [2.05, 4.69) is 4.90 Å². The summed E-state index contributed by atoms with van der Waals surface area (Å²) >= 11 is 6.20. The molecule has 21 heavy (non-hydrogen) atoms. The van der Waals surface area contributed by atoms with Gasteiger partial charge in [-0.1, -0.05) is 23.7 Å². The quantitative estimate of drug-likeness (QED) is 0.933. The third-order valence-corrected chi connectivity index (χ3v) is 4.37. The molecule has 112 valence electrons. The highest BCUT2D eigenvalue weighted by molar-refractivity contribution is 6.33. The van der Waals surface area contributed by atoms with Gasteiger partial charge in [-0.2, -0.15) is 0 Å². The van der Waals surface area contributed by atoms with Crippen LogP contribution in [0.1, 0.15) is 18.6 Å². The summed E-state index contributed by atoms with van der Waals surface area (Å²) in [5.41, 5.74) is 0.928. The fourth-order valence-corrected chi connectivity index (χ4v) is 3.16. The van der Waals surface area contributed by atoms with Crippen molar-refractivity contribution in [2.24, 2.45) is 5.92 Å². The number of piperidine rings is 1. The molecule has 0 radical (unpaired) electrons. The summed E-state index contributed by atoms with van der Waals surface area (Å²) in [6.07, 6.45) is 2.26. The van der Waals surface area contributed by atoms with Crippen molar-refractivity contribution in [2.45, 2.75) is 19.4 Å². The Morgan fingerprint density at radius 3 is 2.90 bits per heavy atom. The van der Waals surface area contributed by atoms with E-state index in [-0.39, 0.29) is 6.61 Å². The maximum Gasteiger partial charge on any atom is 0.135 e. The molecule has 0 spiro atoms. The standard InChI is InChI=1S/C17H20ClNO2/c18-16-6-2-1-5-15(16)17-8-7-14(21-17)11-19-9-3-4-13(10-19)12-20/h1-2,5-8,13,20H,3-4,9-12H2. The number of halogens is 1. The Hall–Kier alpha value is -1.29. The van der Waals surface area contributed by atoms with Crippen molar-refractivity contribution < 1.29 is 9.52 Å². The van der Waals surface area contributed by atoms with Gasteiger partial charge in [0.25, 0.3) is 0 Å². The second-order valence-corrected chi connectivity index (χ2v) is 6.08. The Labute approximate surface area is 130 Å². The molecule has 2 aromatic rings. The Morgan fingerprint density at radius 2 is 2.10 bits per heavy atom. The van der Waals surface area contributed by atoms with Crippen LogP contribution in [0.2, 0.25) is 5.02 Å². The lowest BCUT2D eigenvalue weighted by Crippen LogP contribution is -2.36. The van der Waals surface area contributed by atoms with Crippen LogP contribution in [0.15, 0.2) is 40.8 Å². The third-order valence-electron chi connectivity index (χ3n) is 4.04. The summed E-state index contributed by atoms with van der Waals surface area (Å²) < 4.78 is 5.93. The molecule has 4 heteroatoms. The third kappa shape index (κ3) is 3.49. The van der Waals surface area contributed by atoms with Gasteiger partial charge >= 0.3 is 0 Å². The molecule has 3 rings (SSSR count). The fraction of sp³-hybridized carbons (Fsp3) is 0.412. The lowest BCUT2D eigenvalue weighted by Gasteiger charge is -2.30. The topological polar surface area (TPSA) is 36.6 Å². The highest BCUT2D eigenvalue weighted by atomic mass is 35.5. The maximum atomic E-state index is 9.29. The first-order valence-electron chi connectivity index (χ1n) is 7.43. The fourth-order valence-electron chi connectivity index (χ4n) is 2.93. The molecule has 3 nitrogen and oxygen atoms in total. The van der Waals surface area contributed by atoms with Gasteiger partial charge in [-0.05, 0) is 49.6 Å². The van der Waals surface area contributed by atoms with Gasteiger partial charge in [0, 0.05) is 18.7 Å². The zero-order valence-corrected chi connectivity index (χ0v) is 12.7. The van der Waals surface area contributed by atoms with E-state index in [0.29, 0.717) is 10.9 Å². The van der Waals surface area contributed by atoms with Gasteiger partial charge in [0.15, 0.2) is 0 Å². The van der Waals surface area contributed by atoms with Crippen molar-refractivity contribution in [3.63, 3.8) is 0 Å². The Kier molecular flexibility index (Phi) is 4.63. The van der Waals surface area contributed by atoms with Gasteiger partial charge in [0.1, 0.15) is 11.5 Å². The van der Waals surface area contributed by atoms with Crippen LogP contribution in [0.25, 0.3) is 11.3 Å². The van der Waals surface area contributed by atoms with Crippen molar-refractivity contribution in [1.29, 1.82) is 0 Å². The summed E-state index contributed by atoms with van der Waals surface area (Å²) in [7, 11) is 0. The van der Waals surface area contributed by atoms with Gasteiger partial charge in [0.05, 0.1) is 11.6 Å². The van der Waals surface area contributed by atoms with Gasteiger partial charge in [-0.25, -0.2) is 0 Å². The van der Waals surface area contributed by atoms with E-state index >= 15 is 0 Å². The van der Waals surface area contributed by atoms with Crippen molar-refractivity contribution >= 4 is 11.6 Å². The predicted molar refractivity (Wildman–Crippen MR) is 84.2 cm³/mol. The van der Waals surface area contributed by atoms with Crippen LogP contribution in [0.3, 0.4) is 0 Å². The Morgan fingerprint density at radius 1 is 1.24 bits per heavy atom. The normalized spacial score (nSPS) is 19.8. The van der Waals surface area contributed by atoms with E-state index in [1.54, 1.807) is 0 Å². The van der Waals surface area contributed by atoms with E-state index in [1.165, 1.54) is 0 Å². The number of rotatable bonds is 4. The average molecular weight is 306 g/mol. The van der Waals surface area contributed by atoms with Crippen LogP contribution in [-0.4, -0.2) is 29.7 Å². The lowest BCUT2D eigenvalue weighted by atomic mass is 9.99. The molecule has 1 aliphatic rings. The summed E-state index contributed by atoms with van der Waals surface area (Å²) in [5.74, 6) is 2.16. The van der Waals surface area contributed by atoms with E-state index in [9.17, 15) is 5.11 Å². The Balaban J connectivity index is 1.69. The van der Waals surface area contributed by atoms with E-state index < -0.39 is 0 Å². The first kappa shape index (κ1) is 14.6. The number of hydrogen-bond acceptors (Lipinski definition) is 3. The summed E-state index contributed by atoms with van der Waals surface area (Å²) in [6, 6.07) is 11.7. The van der Waals surface area contributed by atoms with E-state index in [1.807, 2.05) is 36.4 Å². The van der Waals surface area contributed by atoms with Crippen LogP contribution < -0.4 is 0 Å². The SMILES string of the molecule is OCC1CCCN(Cc2ccc(-c3ccccc3Cl)o2)C1. The summed E-state index contributed by atoms with van der Waals surface area (Å²) in [5, 5.41) is 10.00. The average Bonchev–Trinajstić information content (AvgIpc) is 2.96. The number of aliphatic hydroxyl groups is 1. The molecule has 1 unspecified atom stereocenters. The zero-order valence-electron chi connectivity index (χ0n) is 12.0. The van der Waals surface area contributed by atoms with Gasteiger partial charge < -0.3 is 9.52 Å². The number of benzene rings is 1. The second-order valence-electron chi connectivity index (χ2n) is 5.67. The van der Waals surface area contributed by atoms with Crippen molar-refractivity contribution in [1.82, 2.24) is 4.90 Å². The molecule has 2 heterocycles. The predicted octanol–water partition coefficient (Wildman–Crippen LogP) is 3.80. The minimum absolute atomic E-state index is 0.277. The maximum absolute atomic E-state index is 9.29. The molecule has 1 aliphatic heterocycles. The van der Waals surface area contributed by atoms with Gasteiger partial charge in [-0.15, -0.1) is 0 Å². The highest BCUT2D eigenvalue weighted by Crippen LogP contribution is 2.29. The molecular formula is C17H20ClNO2. The second kappa shape index (κ2) is 6.65. The van der Waals surface area contributed by atoms with Crippen LogP contribution in [0.5, 0.6) is 0 Å². The Bertz CT molecular complexity index is 596. The molecule has 1 aromatic heterocycles. The first-order chi connectivity index (χ1) is 10.3. The summed E-state index contributed by atoms with van der Waals surface area (Å²) in [4.78, 5) is 2.35. The molecule has 1 fully saturated rings. The number of aliphatic hydroxyl groups excluding tert-OH is 1. The molecule has 1 saturated heterocycles. The highest BCUT2D eigenvalue weighted by Gasteiger charge is 2.20. The number of furan rings is 1. The molecule has 1 aromatic carbocycles. The number of hydrogen-bond donors (Lipinski definition) is 1. The monoisotopic (exact) mass is 305 g/mol. The van der Waals surface area contributed by atoms with Crippen LogP contribution in [0, 0.1) is 5.92 Å². The minimum Gasteiger partial charge on any atom is -0.460 e. The van der Waals surface area contributed by atoms with Crippen molar-refractivity contribution in [3.8, 4) is 11.3 Å². The number of likely N-dealkylation sites (tertiary alicyclic amines) is 1. The van der Waals surface area contributed by atoms with E-state index in [4.69, 9.17) is 16.0 Å². The van der Waals surface area contributed by atoms with Crippen molar-refractivity contribution in [2.75, 3.05) is 19.7 Å². The smallest absolute Gasteiger partial charge is 0.135 e. The lowest BCUT2D eigenvalue weighted by molar-refractivity contribution is 0.110. The largest absolute Gasteiger partial charge is 0.460 e. The van der Waals surface area contributed by atoms with E-state index in [0.717, 1.165) is 49.6 Å². The van der Waals surface area contributed by atoms with Gasteiger partial charge in [-0.3, -0.25) is 4.90 Å². The molecule has 1 atom stereocenters. The van der Waals surface area contributed by atoms with Crippen LogP contribution >= 0.6 is 11.6 Å². The van der Waals surface area contributed by atoms with Crippen LogP contribution in [0.4, 0.5) is 0 Å².